The van der Waals surface area contributed by atoms with E-state index in [1.165, 1.54) is 18.5 Å². The molecular formula is C23H27N9O. The van der Waals surface area contributed by atoms with Crippen molar-refractivity contribution in [2.45, 2.75) is 56.9 Å². The summed E-state index contributed by atoms with van der Waals surface area (Å²) in [7, 11) is 0. The number of amides is 1. The molecule has 0 radical (unpaired) electrons. The van der Waals surface area contributed by atoms with Gasteiger partial charge in [0.05, 0.1) is 17.6 Å². The molecule has 0 unspecified atom stereocenters. The van der Waals surface area contributed by atoms with E-state index in [1.54, 1.807) is 18.3 Å². The summed E-state index contributed by atoms with van der Waals surface area (Å²) in [5, 5.41) is 13.9. The van der Waals surface area contributed by atoms with E-state index in [0.29, 0.717) is 23.4 Å². The van der Waals surface area contributed by atoms with E-state index in [9.17, 15) is 4.79 Å². The van der Waals surface area contributed by atoms with Crippen LogP contribution in [0.1, 0.15) is 55.0 Å². The minimum absolute atomic E-state index is 0.0842. The fourth-order valence-corrected chi connectivity index (χ4v) is 4.76. The molecule has 0 aromatic carbocycles. The Morgan fingerprint density at radius 2 is 2.06 bits per heavy atom. The molecule has 1 saturated heterocycles. The van der Waals surface area contributed by atoms with E-state index in [2.05, 4.69) is 31.9 Å². The van der Waals surface area contributed by atoms with Gasteiger partial charge in [0.15, 0.2) is 5.82 Å². The highest BCUT2D eigenvalue weighted by Gasteiger charge is 2.34. The molecule has 2 aliphatic carbocycles. The number of nitrogens with two attached hydrogens (primary N) is 1. The van der Waals surface area contributed by atoms with Crippen LogP contribution in [0.15, 0.2) is 24.4 Å². The average Bonchev–Trinajstić information content (AvgIpc) is 3.20. The molecule has 1 atom stereocenters. The SMILES string of the molecule is Nc1ccc(NC(=O)[C@H]2CCCN2c2nc3c(c(Nc4cc(C5CC5)[nH]n4)n2)CCC3)cn1. The van der Waals surface area contributed by atoms with Crippen molar-refractivity contribution >= 4 is 35.0 Å². The molecule has 0 bridgehead atoms. The van der Waals surface area contributed by atoms with Crippen LogP contribution in [0.3, 0.4) is 0 Å². The molecule has 33 heavy (non-hydrogen) atoms. The minimum atomic E-state index is -0.332. The molecule has 3 aromatic heterocycles. The standard InChI is InChI=1S/C23H27N9O/c24-19-9-8-14(12-25-19)26-22(33)18-5-2-10-32(18)23-27-16-4-1-3-15(16)21(29-23)28-20-11-17(30-31-20)13-6-7-13/h8-9,11-13,18H,1-7,10H2,(H2,24,25)(H,26,33)(H2,27,28,29,30,31)/t18-/m1/s1. The molecule has 1 saturated carbocycles. The van der Waals surface area contributed by atoms with Crippen LogP contribution < -0.4 is 21.3 Å². The Morgan fingerprint density at radius 1 is 1.15 bits per heavy atom. The van der Waals surface area contributed by atoms with Gasteiger partial charge in [0.2, 0.25) is 11.9 Å². The highest BCUT2D eigenvalue weighted by molar-refractivity contribution is 5.97. The summed E-state index contributed by atoms with van der Waals surface area (Å²) in [5.41, 5.74) is 9.67. The molecule has 2 fully saturated rings. The highest BCUT2D eigenvalue weighted by atomic mass is 16.2. The van der Waals surface area contributed by atoms with Crippen molar-refractivity contribution in [3.8, 4) is 0 Å². The molecule has 0 spiro atoms. The van der Waals surface area contributed by atoms with E-state index in [0.717, 1.165) is 61.5 Å². The Kier molecular flexibility index (Phi) is 4.85. The number of carbonyl (C=O) groups is 1. The van der Waals surface area contributed by atoms with E-state index < -0.39 is 0 Å². The lowest BCUT2D eigenvalue weighted by molar-refractivity contribution is -0.117. The number of H-pyrrole nitrogens is 1. The Balaban J connectivity index is 1.25. The molecule has 3 aromatic rings. The molecular weight excluding hydrogens is 418 g/mol. The summed E-state index contributed by atoms with van der Waals surface area (Å²) in [6, 6.07) is 5.18. The number of nitrogen functional groups attached to an aromatic ring is 1. The van der Waals surface area contributed by atoms with Crippen LogP contribution >= 0.6 is 0 Å². The molecule has 6 rings (SSSR count). The maximum Gasteiger partial charge on any atom is 0.247 e. The van der Waals surface area contributed by atoms with Gasteiger partial charge in [0, 0.05) is 29.8 Å². The third-order valence-electron chi connectivity index (χ3n) is 6.65. The Morgan fingerprint density at radius 3 is 2.88 bits per heavy atom. The highest BCUT2D eigenvalue weighted by Crippen LogP contribution is 2.40. The zero-order valence-corrected chi connectivity index (χ0v) is 18.3. The summed E-state index contributed by atoms with van der Waals surface area (Å²) in [6.07, 6.45) is 8.61. The number of aromatic nitrogens is 5. The zero-order valence-electron chi connectivity index (χ0n) is 18.3. The number of fused-ring (bicyclic) bond motifs is 1. The van der Waals surface area contributed by atoms with Gasteiger partial charge < -0.3 is 21.3 Å². The fourth-order valence-electron chi connectivity index (χ4n) is 4.76. The maximum absolute atomic E-state index is 13.1. The summed E-state index contributed by atoms with van der Waals surface area (Å²) in [5.74, 6) is 3.13. The van der Waals surface area contributed by atoms with E-state index >= 15 is 0 Å². The van der Waals surface area contributed by atoms with E-state index in [4.69, 9.17) is 15.7 Å². The van der Waals surface area contributed by atoms with Gasteiger partial charge in [0.25, 0.3) is 0 Å². The van der Waals surface area contributed by atoms with Crippen LogP contribution in [0.4, 0.5) is 29.1 Å². The first-order valence-electron chi connectivity index (χ1n) is 11.7. The number of rotatable bonds is 6. The number of hydrogen-bond acceptors (Lipinski definition) is 8. The molecule has 1 aliphatic heterocycles. The van der Waals surface area contributed by atoms with Crippen molar-refractivity contribution in [3.63, 3.8) is 0 Å². The zero-order chi connectivity index (χ0) is 22.4. The Bertz CT molecular complexity index is 1190. The van der Waals surface area contributed by atoms with Gasteiger partial charge in [-0.25, -0.2) is 9.97 Å². The predicted octanol–water partition coefficient (Wildman–Crippen LogP) is 2.89. The molecule has 3 aliphatic rings. The average molecular weight is 446 g/mol. The normalized spacial score (nSPS) is 19.5. The number of carbonyl (C=O) groups excluding carboxylic acids is 1. The smallest absolute Gasteiger partial charge is 0.247 e. The van der Waals surface area contributed by atoms with Crippen LogP contribution in [-0.2, 0) is 17.6 Å². The van der Waals surface area contributed by atoms with E-state index in [1.807, 2.05) is 4.90 Å². The summed E-state index contributed by atoms with van der Waals surface area (Å²) >= 11 is 0. The van der Waals surface area contributed by atoms with Crippen LogP contribution in [0.2, 0.25) is 0 Å². The van der Waals surface area contributed by atoms with Gasteiger partial charge in [-0.05, 0) is 57.1 Å². The lowest BCUT2D eigenvalue weighted by atomic mass is 10.2. The second-order valence-corrected chi connectivity index (χ2v) is 9.07. The number of nitrogens with zero attached hydrogens (tertiary/aromatic N) is 5. The van der Waals surface area contributed by atoms with Gasteiger partial charge in [0.1, 0.15) is 17.7 Å². The number of anilines is 5. The maximum atomic E-state index is 13.1. The lowest BCUT2D eigenvalue weighted by Crippen LogP contribution is -2.40. The number of hydrogen-bond donors (Lipinski definition) is 4. The van der Waals surface area contributed by atoms with Gasteiger partial charge in [-0.15, -0.1) is 0 Å². The molecule has 4 heterocycles. The first-order chi connectivity index (χ1) is 16.1. The monoisotopic (exact) mass is 445 g/mol. The number of aryl methyl sites for hydroxylation is 1. The fraction of sp³-hybridized carbons (Fsp3) is 0.435. The van der Waals surface area contributed by atoms with Crippen molar-refractivity contribution in [3.05, 3.63) is 41.3 Å². The minimum Gasteiger partial charge on any atom is -0.384 e. The third-order valence-corrected chi connectivity index (χ3v) is 6.65. The van der Waals surface area contributed by atoms with Crippen molar-refractivity contribution in [1.82, 2.24) is 25.1 Å². The summed E-state index contributed by atoms with van der Waals surface area (Å²) in [4.78, 5) is 28.9. The van der Waals surface area contributed by atoms with Gasteiger partial charge in [-0.2, -0.15) is 10.1 Å². The number of nitrogens with one attached hydrogen (secondary N) is 3. The first kappa shape index (κ1) is 20.0. The predicted molar refractivity (Wildman–Crippen MR) is 126 cm³/mol. The van der Waals surface area contributed by atoms with Crippen LogP contribution in [0.25, 0.3) is 0 Å². The molecule has 170 valence electrons. The molecule has 1 amide bonds. The van der Waals surface area contributed by atoms with Crippen LogP contribution in [0.5, 0.6) is 0 Å². The van der Waals surface area contributed by atoms with Crippen LogP contribution in [-0.4, -0.2) is 43.6 Å². The lowest BCUT2D eigenvalue weighted by Gasteiger charge is -2.25. The van der Waals surface area contributed by atoms with Crippen molar-refractivity contribution < 1.29 is 4.79 Å². The Labute approximate surface area is 191 Å². The third kappa shape index (κ3) is 3.96. The Hall–Kier alpha value is -3.69. The topological polar surface area (TPSA) is 138 Å². The molecule has 10 nitrogen and oxygen atoms in total. The van der Waals surface area contributed by atoms with Crippen LogP contribution in [0, 0.1) is 0 Å². The van der Waals surface area contributed by atoms with E-state index in [-0.39, 0.29) is 11.9 Å². The van der Waals surface area contributed by atoms with Gasteiger partial charge in [-0.1, -0.05) is 0 Å². The largest absolute Gasteiger partial charge is 0.384 e. The summed E-state index contributed by atoms with van der Waals surface area (Å²) < 4.78 is 0. The summed E-state index contributed by atoms with van der Waals surface area (Å²) in [6.45, 7) is 0.741. The van der Waals surface area contributed by atoms with Crippen molar-refractivity contribution in [1.29, 1.82) is 0 Å². The number of aromatic amines is 1. The quantitative estimate of drug-likeness (QED) is 0.454. The second kappa shape index (κ2) is 8.02. The number of pyridine rings is 1. The molecule has 5 N–H and O–H groups in total. The van der Waals surface area contributed by atoms with Crippen molar-refractivity contribution in [2.75, 3.05) is 27.8 Å². The van der Waals surface area contributed by atoms with Crippen molar-refractivity contribution in [2.24, 2.45) is 0 Å². The second-order valence-electron chi connectivity index (χ2n) is 9.07. The van der Waals surface area contributed by atoms with Gasteiger partial charge >= 0.3 is 0 Å². The van der Waals surface area contributed by atoms with Gasteiger partial charge in [-0.3, -0.25) is 9.89 Å². The first-order valence-corrected chi connectivity index (χ1v) is 11.7. The molecule has 10 heteroatoms.